The van der Waals surface area contributed by atoms with Crippen molar-refractivity contribution in [1.29, 1.82) is 0 Å². The number of nitrogens with zero attached hydrogens (tertiary/aromatic N) is 4. The first-order chi connectivity index (χ1) is 21.0. The first-order valence-corrected chi connectivity index (χ1v) is 14.5. The first kappa shape index (κ1) is 32.1. The van der Waals surface area contributed by atoms with Gasteiger partial charge in [-0.25, -0.2) is 4.79 Å². The van der Waals surface area contributed by atoms with Gasteiger partial charge in [0.05, 0.1) is 7.11 Å². The molecule has 5 heterocycles. The zero-order chi connectivity index (χ0) is 31.6. The molecule has 0 radical (unpaired) electrons. The second-order valence-corrected chi connectivity index (χ2v) is 11.3. The number of aliphatic carboxylic acids is 1. The predicted octanol–water partition coefficient (Wildman–Crippen LogP) is 3.24. The number of ketones is 1. The number of esters is 1. The fourth-order valence-electron chi connectivity index (χ4n) is 6.71. The molecule has 1 N–H and O–H groups in total. The van der Waals surface area contributed by atoms with Gasteiger partial charge in [0.25, 0.3) is 0 Å². The van der Waals surface area contributed by atoms with Crippen LogP contribution in [0.1, 0.15) is 81.2 Å². The third kappa shape index (κ3) is 4.96. The van der Waals surface area contributed by atoms with Crippen LogP contribution in [0, 0.1) is 26.7 Å². The molecule has 0 amide bonds. The summed E-state index contributed by atoms with van der Waals surface area (Å²) in [4.78, 5) is 53.6. The molecule has 2 atom stereocenters. The Bertz CT molecular complexity index is 2030. The van der Waals surface area contributed by atoms with E-state index < -0.39 is 23.6 Å². The van der Waals surface area contributed by atoms with Crippen molar-refractivity contribution in [3.05, 3.63) is 102 Å². The van der Waals surface area contributed by atoms with Gasteiger partial charge in [0.15, 0.2) is 5.78 Å². The van der Waals surface area contributed by atoms with Gasteiger partial charge in [-0.2, -0.15) is 5.69 Å². The largest absolute Gasteiger partial charge is 2.00 e. The van der Waals surface area contributed by atoms with E-state index in [0.29, 0.717) is 56.3 Å². The molecule has 0 saturated heterocycles. The van der Waals surface area contributed by atoms with E-state index in [1.54, 1.807) is 6.08 Å². The molecule has 1 aliphatic carbocycles. The van der Waals surface area contributed by atoms with E-state index in [2.05, 4.69) is 20.4 Å². The molecule has 10 heteroatoms. The second-order valence-electron chi connectivity index (χ2n) is 11.3. The van der Waals surface area contributed by atoms with Crippen LogP contribution < -0.4 is 25.7 Å². The van der Waals surface area contributed by atoms with Crippen LogP contribution in [0.3, 0.4) is 0 Å². The Kier molecular flexibility index (Phi) is 8.50. The molecule has 45 heavy (non-hydrogen) atoms. The monoisotopic (exact) mass is 612 g/mol. The molecule has 0 unspecified atom stereocenters. The fourth-order valence-corrected chi connectivity index (χ4v) is 6.71. The van der Waals surface area contributed by atoms with E-state index in [9.17, 15) is 19.5 Å². The zero-order valence-electron chi connectivity index (χ0n) is 26.2. The maximum absolute atomic E-state index is 14.0. The van der Waals surface area contributed by atoms with E-state index in [0.717, 1.165) is 46.3 Å². The summed E-state index contributed by atoms with van der Waals surface area (Å²) in [5, 5.41) is 15.4. The van der Waals surface area contributed by atoms with Crippen molar-refractivity contribution < 1.29 is 24.2 Å². The molecule has 2 aliphatic heterocycles. The number of carboxylic acids is 1. The normalized spacial score (nSPS) is 21.6. The van der Waals surface area contributed by atoms with Gasteiger partial charge >= 0.3 is 35.0 Å². The number of methoxy groups -OCH3 is 1. The van der Waals surface area contributed by atoms with Crippen LogP contribution in [0.25, 0.3) is 35.2 Å². The van der Waals surface area contributed by atoms with E-state index >= 15 is 0 Å². The van der Waals surface area contributed by atoms with Gasteiger partial charge in [-0.05, 0) is 51.3 Å². The van der Waals surface area contributed by atoms with Crippen molar-refractivity contribution in [2.24, 2.45) is 5.92 Å². The van der Waals surface area contributed by atoms with Crippen molar-refractivity contribution in [2.75, 3.05) is 7.11 Å². The number of aromatic nitrogens is 3. The summed E-state index contributed by atoms with van der Waals surface area (Å²) < 4.78 is 5.09. The molecule has 3 aliphatic rings. The van der Waals surface area contributed by atoms with E-state index in [-0.39, 0.29) is 29.1 Å². The maximum Gasteiger partial charge on any atom is 2.00 e. The van der Waals surface area contributed by atoms with Crippen LogP contribution in [0.2, 0.25) is 0 Å². The van der Waals surface area contributed by atoms with Crippen LogP contribution in [-0.2, 0) is 20.7 Å². The Labute approximate surface area is 277 Å². The standard InChI is InChI=1S/C35H34N4O5.Mg/c1-8-19-15(3)22-12-24-17(5)21(10-11-28(40)41)32(38-24)30-31(35(43)44-7)34(42)29-18(6)25(39-33(29)30)14-27-20(9-2)16(4)23(37-27)13-26(19)36-22;/h8,10-13,27,31H,1,9,14H2,2-7H3,(H3-2,36,37,38,39,40,41,42);/q-2;+2/p-2/b11-10+;/t27-,31+;/m0./s1. The average molecular weight is 613 g/mol. The minimum atomic E-state index is -1.28. The molecule has 9 nitrogen and oxygen atoms in total. The van der Waals surface area contributed by atoms with Crippen LogP contribution in [0.4, 0.5) is 0 Å². The number of allylic oxidation sites excluding steroid dienone is 1. The molecule has 0 fully saturated rings. The minimum absolute atomic E-state index is 0. The Morgan fingerprint density at radius 3 is 2.42 bits per heavy atom. The number of hydrogen-bond acceptors (Lipinski definition) is 4. The fraction of sp³-hybridized carbons (Fsp3) is 0.286. The smallest absolute Gasteiger partial charge is 0.678 e. The number of hydrogen-bond donors (Lipinski definition) is 1. The molecule has 226 valence electrons. The predicted molar refractivity (Wildman–Crippen MR) is 173 cm³/mol. The summed E-state index contributed by atoms with van der Waals surface area (Å²) in [7, 11) is 1.24. The van der Waals surface area contributed by atoms with Crippen molar-refractivity contribution in [3.8, 4) is 0 Å². The Balaban J connectivity index is 0.00000400. The molecular formula is C35H32MgN4O5-2. The number of ether oxygens (including phenoxy) is 1. The quantitative estimate of drug-likeness (QED) is 0.201. The van der Waals surface area contributed by atoms with Gasteiger partial charge in [0.1, 0.15) is 5.92 Å². The van der Waals surface area contributed by atoms with Crippen molar-refractivity contribution >= 4 is 70.7 Å². The van der Waals surface area contributed by atoms with Gasteiger partial charge in [0.2, 0.25) is 0 Å². The number of carbonyl (C=O) groups excluding carboxylic acids is 2. The number of carboxylic acid groups (broad SMARTS) is 1. The van der Waals surface area contributed by atoms with Gasteiger partial charge in [-0.15, -0.1) is 33.5 Å². The third-order valence-electron chi connectivity index (χ3n) is 9.09. The average Bonchev–Trinajstić information content (AvgIpc) is 3.72. The molecule has 6 rings (SSSR count). The zero-order valence-corrected chi connectivity index (χ0v) is 27.7. The summed E-state index contributed by atoms with van der Waals surface area (Å²) in [6, 6.07) is -0.169. The minimum Gasteiger partial charge on any atom is -0.678 e. The van der Waals surface area contributed by atoms with Gasteiger partial charge in [-0.3, -0.25) is 9.59 Å². The van der Waals surface area contributed by atoms with Crippen LogP contribution >= 0.6 is 0 Å². The van der Waals surface area contributed by atoms with Gasteiger partial charge in [0, 0.05) is 11.6 Å². The molecule has 0 spiro atoms. The molecular weight excluding hydrogens is 581 g/mol. The van der Waals surface area contributed by atoms with Crippen LogP contribution in [0.5, 0.6) is 0 Å². The van der Waals surface area contributed by atoms with Crippen LogP contribution in [-0.4, -0.2) is 59.0 Å². The van der Waals surface area contributed by atoms with E-state index in [1.807, 2.05) is 32.9 Å². The molecule has 3 aromatic rings. The summed E-state index contributed by atoms with van der Waals surface area (Å²) >= 11 is 0. The van der Waals surface area contributed by atoms with Crippen molar-refractivity contribution in [1.82, 2.24) is 15.0 Å². The van der Waals surface area contributed by atoms with Crippen LogP contribution in [0.15, 0.2) is 29.5 Å². The van der Waals surface area contributed by atoms with E-state index in [4.69, 9.17) is 25.0 Å². The summed E-state index contributed by atoms with van der Waals surface area (Å²) in [5.74, 6) is -3.55. The first-order valence-electron chi connectivity index (χ1n) is 14.5. The second kappa shape index (κ2) is 11.9. The molecule has 3 aromatic heterocycles. The molecule has 0 aromatic carbocycles. The number of Topliss-reactive ketones (excluding diaryl/α,β-unsaturated/α-hetero) is 1. The summed E-state index contributed by atoms with van der Waals surface area (Å²) in [5.41, 5.74) is 9.99. The Morgan fingerprint density at radius 2 is 1.78 bits per heavy atom. The molecule has 8 bridgehead atoms. The van der Waals surface area contributed by atoms with Crippen molar-refractivity contribution in [3.63, 3.8) is 0 Å². The maximum atomic E-state index is 14.0. The number of fused-ring (bicyclic) bond motifs is 7. The summed E-state index contributed by atoms with van der Waals surface area (Å²) in [6.07, 6.45) is 9.36. The van der Waals surface area contributed by atoms with Gasteiger partial charge in [-0.1, -0.05) is 77.6 Å². The Hall–Kier alpha value is -4.28. The Morgan fingerprint density at radius 1 is 1.04 bits per heavy atom. The van der Waals surface area contributed by atoms with E-state index in [1.165, 1.54) is 18.8 Å². The SMILES string of the molecule is C=Cc1c2[n-]c(c1C)/C=c1\[n-]/c(c(/C=C/C(=O)O)c1C)=C1\c3[n-]c(c(C)c3C(=O)[C@@H]1C(=O)OC)C[C@@H]1[N-]/C(=C\2)C(C)=C1CC.[Mg+2]. The van der Waals surface area contributed by atoms with Crippen molar-refractivity contribution in [2.45, 2.75) is 53.5 Å². The topological polar surface area (TPSA) is 137 Å². The molecule has 0 saturated carbocycles. The summed E-state index contributed by atoms with van der Waals surface area (Å²) in [6.45, 7) is 13.9. The van der Waals surface area contributed by atoms with Gasteiger partial charge < -0.3 is 30.1 Å². The third-order valence-corrected chi connectivity index (χ3v) is 9.09. The number of carbonyl (C=O) groups is 3. The number of rotatable bonds is 5.